The lowest BCUT2D eigenvalue weighted by Gasteiger charge is -2.26. The Hall–Kier alpha value is -1.75. The van der Waals surface area contributed by atoms with E-state index in [2.05, 4.69) is 19.8 Å². The molecule has 1 atom stereocenters. The molecule has 0 amide bonds. The number of likely N-dealkylation sites (tertiary alicyclic amines) is 1. The molecule has 3 rings (SSSR count). The van der Waals surface area contributed by atoms with Crippen molar-refractivity contribution in [1.29, 1.82) is 0 Å². The molecule has 0 unspecified atom stereocenters. The molecule has 0 aliphatic carbocycles. The number of aromatic nitrogens is 2. The van der Waals surface area contributed by atoms with Crippen LogP contribution in [0.2, 0.25) is 0 Å². The lowest BCUT2D eigenvalue weighted by molar-refractivity contribution is 0.0302. The fraction of sp³-hybridized carbons (Fsp3) is 0.600. The standard InChI is InChI=1S/C15H22N4O5S/c1-25(21,22)16-11-15(20)5-3-7-19(8-6-15)10-13-17-14(18-24-13)12-4-2-9-23-12/h2,4,9,16,20H,3,5-8,10-11H2,1H3/t15-/m1/s1. The third kappa shape index (κ3) is 5.11. The van der Waals surface area contributed by atoms with Crippen molar-refractivity contribution in [1.82, 2.24) is 19.8 Å². The summed E-state index contributed by atoms with van der Waals surface area (Å²) in [5, 5.41) is 14.5. The average Bonchev–Trinajstić information content (AvgIpc) is 3.18. The number of sulfonamides is 1. The maximum Gasteiger partial charge on any atom is 0.241 e. The van der Waals surface area contributed by atoms with Crippen LogP contribution < -0.4 is 4.72 Å². The van der Waals surface area contributed by atoms with Crippen LogP contribution in [0.25, 0.3) is 11.6 Å². The second kappa shape index (κ2) is 7.24. The molecule has 25 heavy (non-hydrogen) atoms. The van der Waals surface area contributed by atoms with Crippen LogP contribution in [0.5, 0.6) is 0 Å². The Morgan fingerprint density at radius 2 is 2.24 bits per heavy atom. The Labute approximate surface area is 146 Å². The molecule has 1 aliphatic rings. The maximum absolute atomic E-state index is 11.2. The number of rotatable bonds is 6. The summed E-state index contributed by atoms with van der Waals surface area (Å²) in [6, 6.07) is 3.51. The summed E-state index contributed by atoms with van der Waals surface area (Å²) in [5.74, 6) is 1.43. The molecule has 1 saturated heterocycles. The third-order valence-corrected chi connectivity index (χ3v) is 4.91. The van der Waals surface area contributed by atoms with Gasteiger partial charge in [0.05, 0.1) is 24.7 Å². The zero-order valence-corrected chi connectivity index (χ0v) is 14.8. The van der Waals surface area contributed by atoms with Crippen LogP contribution in [0.1, 0.15) is 25.2 Å². The highest BCUT2D eigenvalue weighted by atomic mass is 32.2. The second-order valence-electron chi connectivity index (χ2n) is 6.44. The number of nitrogens with zero attached hydrogens (tertiary/aromatic N) is 3. The Morgan fingerprint density at radius 1 is 1.40 bits per heavy atom. The summed E-state index contributed by atoms with van der Waals surface area (Å²) in [4.78, 5) is 6.42. The molecule has 0 radical (unpaired) electrons. The first-order valence-corrected chi connectivity index (χ1v) is 9.98. The van der Waals surface area contributed by atoms with Crippen molar-refractivity contribution in [3.05, 3.63) is 24.3 Å². The zero-order valence-electron chi connectivity index (χ0n) is 14.0. The number of nitrogens with one attached hydrogen (secondary N) is 1. The van der Waals surface area contributed by atoms with Crippen LogP contribution in [0, 0.1) is 0 Å². The normalized spacial score (nSPS) is 22.8. The van der Waals surface area contributed by atoms with Crippen LogP contribution >= 0.6 is 0 Å². The summed E-state index contributed by atoms with van der Waals surface area (Å²) < 4.78 is 35.4. The summed E-state index contributed by atoms with van der Waals surface area (Å²) in [5.41, 5.74) is -1.04. The monoisotopic (exact) mass is 370 g/mol. The van der Waals surface area contributed by atoms with E-state index < -0.39 is 15.6 Å². The molecule has 0 bridgehead atoms. The topological polar surface area (TPSA) is 122 Å². The molecule has 10 heteroatoms. The van der Waals surface area contributed by atoms with Crippen LogP contribution in [-0.2, 0) is 16.6 Å². The highest BCUT2D eigenvalue weighted by Crippen LogP contribution is 2.23. The molecule has 2 aromatic heterocycles. The molecule has 1 fully saturated rings. The fourth-order valence-electron chi connectivity index (χ4n) is 2.85. The Balaban J connectivity index is 1.56. The van der Waals surface area contributed by atoms with Crippen molar-refractivity contribution in [3.63, 3.8) is 0 Å². The van der Waals surface area contributed by atoms with Gasteiger partial charge in [0.2, 0.25) is 21.7 Å². The van der Waals surface area contributed by atoms with Crippen molar-refractivity contribution in [2.75, 3.05) is 25.9 Å². The third-order valence-electron chi connectivity index (χ3n) is 4.24. The van der Waals surface area contributed by atoms with Gasteiger partial charge in [-0.2, -0.15) is 4.98 Å². The molecule has 138 valence electrons. The van der Waals surface area contributed by atoms with Gasteiger partial charge in [-0.15, -0.1) is 0 Å². The van der Waals surface area contributed by atoms with E-state index in [0.29, 0.717) is 43.4 Å². The largest absolute Gasteiger partial charge is 0.461 e. The molecule has 2 N–H and O–H groups in total. The molecule has 0 spiro atoms. The van der Waals surface area contributed by atoms with E-state index in [1.54, 1.807) is 18.4 Å². The summed E-state index contributed by atoms with van der Waals surface area (Å²) in [6.45, 7) is 1.88. The summed E-state index contributed by atoms with van der Waals surface area (Å²) >= 11 is 0. The molecule has 2 aromatic rings. The molecule has 9 nitrogen and oxygen atoms in total. The molecule has 0 aromatic carbocycles. The van der Waals surface area contributed by atoms with Crippen molar-refractivity contribution in [2.24, 2.45) is 0 Å². The van der Waals surface area contributed by atoms with E-state index in [4.69, 9.17) is 8.94 Å². The van der Waals surface area contributed by atoms with Gasteiger partial charge in [-0.05, 0) is 37.9 Å². The van der Waals surface area contributed by atoms with Gasteiger partial charge in [-0.1, -0.05) is 5.16 Å². The molecular weight excluding hydrogens is 348 g/mol. The minimum absolute atomic E-state index is 0.0306. The Kier molecular flexibility index (Phi) is 5.23. The SMILES string of the molecule is CS(=O)(=O)NC[C@@]1(O)CCCN(Cc2nc(-c3ccco3)no2)CC1. The van der Waals surface area contributed by atoms with Crippen molar-refractivity contribution in [3.8, 4) is 11.6 Å². The van der Waals surface area contributed by atoms with Crippen LogP contribution in [0.3, 0.4) is 0 Å². The van der Waals surface area contributed by atoms with Gasteiger partial charge in [-0.3, -0.25) is 4.90 Å². The van der Waals surface area contributed by atoms with Crippen LogP contribution in [0.4, 0.5) is 0 Å². The number of hydrogen-bond donors (Lipinski definition) is 2. The Morgan fingerprint density at radius 3 is 2.96 bits per heavy atom. The molecular formula is C15H22N4O5S. The first-order valence-electron chi connectivity index (χ1n) is 8.09. The van der Waals surface area contributed by atoms with Gasteiger partial charge >= 0.3 is 0 Å². The van der Waals surface area contributed by atoms with Gasteiger partial charge in [0.15, 0.2) is 5.76 Å². The van der Waals surface area contributed by atoms with Gasteiger partial charge in [0.25, 0.3) is 0 Å². The van der Waals surface area contributed by atoms with Gasteiger partial charge < -0.3 is 14.0 Å². The predicted octanol–water partition coefficient (Wildman–Crippen LogP) is 0.596. The Bertz CT molecular complexity index is 789. The van der Waals surface area contributed by atoms with Crippen LogP contribution in [0.15, 0.2) is 27.3 Å². The van der Waals surface area contributed by atoms with E-state index in [-0.39, 0.29) is 6.54 Å². The second-order valence-corrected chi connectivity index (χ2v) is 8.27. The zero-order chi connectivity index (χ0) is 17.9. The minimum Gasteiger partial charge on any atom is -0.461 e. The smallest absolute Gasteiger partial charge is 0.241 e. The van der Waals surface area contributed by atoms with Gasteiger partial charge in [0.1, 0.15) is 0 Å². The molecule has 0 saturated carbocycles. The lowest BCUT2D eigenvalue weighted by atomic mass is 9.95. The molecule has 1 aliphatic heterocycles. The first-order chi connectivity index (χ1) is 11.8. The molecule has 3 heterocycles. The van der Waals surface area contributed by atoms with Crippen molar-refractivity contribution >= 4 is 10.0 Å². The highest BCUT2D eigenvalue weighted by molar-refractivity contribution is 7.88. The van der Waals surface area contributed by atoms with Crippen LogP contribution in [-0.4, -0.2) is 60.1 Å². The quantitative estimate of drug-likeness (QED) is 0.758. The predicted molar refractivity (Wildman–Crippen MR) is 88.9 cm³/mol. The van der Waals surface area contributed by atoms with E-state index in [0.717, 1.165) is 19.2 Å². The highest BCUT2D eigenvalue weighted by Gasteiger charge is 2.31. The average molecular weight is 370 g/mol. The van der Waals surface area contributed by atoms with Crippen molar-refractivity contribution < 1.29 is 22.5 Å². The number of furan rings is 1. The van der Waals surface area contributed by atoms with E-state index in [1.165, 1.54) is 0 Å². The maximum atomic E-state index is 11.2. The number of hydrogen-bond acceptors (Lipinski definition) is 8. The van der Waals surface area contributed by atoms with Gasteiger partial charge in [0, 0.05) is 13.1 Å². The minimum atomic E-state index is -3.32. The lowest BCUT2D eigenvalue weighted by Crippen LogP contribution is -2.43. The summed E-state index contributed by atoms with van der Waals surface area (Å²) in [6.07, 6.45) is 4.39. The van der Waals surface area contributed by atoms with Gasteiger partial charge in [-0.25, -0.2) is 13.1 Å². The van der Waals surface area contributed by atoms with E-state index in [1.807, 2.05) is 0 Å². The fourth-order valence-corrected chi connectivity index (χ4v) is 3.38. The first kappa shape index (κ1) is 18.1. The van der Waals surface area contributed by atoms with Crippen molar-refractivity contribution in [2.45, 2.75) is 31.4 Å². The van der Waals surface area contributed by atoms with E-state index in [9.17, 15) is 13.5 Å². The van der Waals surface area contributed by atoms with E-state index >= 15 is 0 Å². The summed E-state index contributed by atoms with van der Waals surface area (Å²) in [7, 11) is -3.32. The number of aliphatic hydroxyl groups is 1.